The largest absolute Gasteiger partial charge is 0.495 e. The Kier molecular flexibility index (Phi) is 5.05. The molecule has 2 atom stereocenters. The number of anilines is 1. The molecule has 0 radical (unpaired) electrons. The summed E-state index contributed by atoms with van der Waals surface area (Å²) in [5.74, 6) is 0.865. The number of halogens is 1. The number of rotatable bonds is 4. The molecule has 1 aromatic carbocycles. The number of aryl methyl sites for hydroxylation is 1. The Bertz CT molecular complexity index is 506. The van der Waals surface area contributed by atoms with Gasteiger partial charge in [-0.2, -0.15) is 0 Å². The van der Waals surface area contributed by atoms with E-state index in [9.17, 15) is 0 Å². The van der Waals surface area contributed by atoms with E-state index in [1.807, 2.05) is 13.0 Å². The minimum absolute atomic E-state index is 0.143. The van der Waals surface area contributed by atoms with Crippen molar-refractivity contribution in [3.63, 3.8) is 0 Å². The van der Waals surface area contributed by atoms with Crippen LogP contribution in [0.2, 0.25) is 5.02 Å². The maximum absolute atomic E-state index is 6.25. The molecule has 3 nitrogen and oxygen atoms in total. The fraction of sp³-hybridized carbons (Fsp3) is 0.647. The molecule has 0 spiro atoms. The van der Waals surface area contributed by atoms with Crippen LogP contribution in [0.5, 0.6) is 5.75 Å². The Morgan fingerprint density at radius 1 is 1.43 bits per heavy atom. The van der Waals surface area contributed by atoms with Gasteiger partial charge in [-0.1, -0.05) is 25.4 Å². The van der Waals surface area contributed by atoms with E-state index in [4.69, 9.17) is 16.3 Å². The molecular weight excluding hydrogens is 284 g/mol. The summed E-state index contributed by atoms with van der Waals surface area (Å²) in [5, 5.41) is 4.46. The Labute approximate surface area is 133 Å². The Morgan fingerprint density at radius 2 is 2.14 bits per heavy atom. The minimum Gasteiger partial charge on any atom is -0.495 e. The molecule has 1 aromatic rings. The molecule has 4 heteroatoms. The van der Waals surface area contributed by atoms with Gasteiger partial charge in [-0.3, -0.25) is 0 Å². The zero-order chi connectivity index (χ0) is 15.6. The van der Waals surface area contributed by atoms with Crippen LogP contribution < -0.4 is 15.0 Å². The fourth-order valence-corrected chi connectivity index (χ4v) is 3.11. The SMILES string of the molecule is CCC1CNC(C)(CC)CN1c1cc(C)c(Cl)cc1OC. The minimum atomic E-state index is 0.143. The number of piperazine rings is 1. The lowest BCUT2D eigenvalue weighted by Crippen LogP contribution is -2.62. The molecule has 21 heavy (non-hydrogen) atoms. The Hall–Kier alpha value is -0.930. The summed E-state index contributed by atoms with van der Waals surface area (Å²) in [6.45, 7) is 10.8. The Balaban J connectivity index is 2.43. The van der Waals surface area contributed by atoms with E-state index in [0.29, 0.717) is 6.04 Å². The summed E-state index contributed by atoms with van der Waals surface area (Å²) in [7, 11) is 1.71. The third-order valence-corrected chi connectivity index (χ3v) is 5.15. The van der Waals surface area contributed by atoms with Crippen molar-refractivity contribution in [3.8, 4) is 5.75 Å². The zero-order valence-corrected chi connectivity index (χ0v) is 14.5. The van der Waals surface area contributed by atoms with Crippen molar-refractivity contribution in [3.05, 3.63) is 22.7 Å². The van der Waals surface area contributed by atoms with Gasteiger partial charge in [-0.25, -0.2) is 0 Å². The first-order chi connectivity index (χ1) is 9.94. The molecule has 1 saturated heterocycles. The molecular formula is C17H27ClN2O. The number of hydrogen-bond donors (Lipinski definition) is 1. The van der Waals surface area contributed by atoms with Crippen LogP contribution in [0.4, 0.5) is 5.69 Å². The molecule has 1 N–H and O–H groups in total. The van der Waals surface area contributed by atoms with E-state index in [2.05, 4.69) is 37.1 Å². The lowest BCUT2D eigenvalue weighted by atomic mass is 9.92. The van der Waals surface area contributed by atoms with Gasteiger partial charge >= 0.3 is 0 Å². The lowest BCUT2D eigenvalue weighted by Gasteiger charge is -2.47. The predicted molar refractivity (Wildman–Crippen MR) is 90.9 cm³/mol. The molecule has 118 valence electrons. The van der Waals surface area contributed by atoms with Gasteiger partial charge in [-0.05, 0) is 38.3 Å². The number of ether oxygens (including phenoxy) is 1. The van der Waals surface area contributed by atoms with Gasteiger partial charge < -0.3 is 15.0 Å². The highest BCUT2D eigenvalue weighted by Crippen LogP contribution is 2.37. The first kappa shape index (κ1) is 16.4. The highest BCUT2D eigenvalue weighted by Gasteiger charge is 2.35. The monoisotopic (exact) mass is 310 g/mol. The summed E-state index contributed by atoms with van der Waals surface area (Å²) < 4.78 is 5.58. The van der Waals surface area contributed by atoms with Crippen LogP contribution in [0.1, 0.15) is 39.2 Å². The van der Waals surface area contributed by atoms with Gasteiger partial charge in [0, 0.05) is 35.8 Å². The molecule has 1 heterocycles. The summed E-state index contributed by atoms with van der Waals surface area (Å²) in [6, 6.07) is 4.58. The summed E-state index contributed by atoms with van der Waals surface area (Å²) in [5.41, 5.74) is 2.40. The molecule has 0 amide bonds. The van der Waals surface area contributed by atoms with Crippen LogP contribution >= 0.6 is 11.6 Å². The molecule has 0 aromatic heterocycles. The van der Waals surface area contributed by atoms with Gasteiger partial charge in [-0.15, -0.1) is 0 Å². The van der Waals surface area contributed by atoms with Crippen LogP contribution in [0.25, 0.3) is 0 Å². The second-order valence-electron chi connectivity index (χ2n) is 6.26. The van der Waals surface area contributed by atoms with Crippen molar-refractivity contribution in [2.45, 2.75) is 52.1 Å². The number of benzene rings is 1. The van der Waals surface area contributed by atoms with Gasteiger partial charge in [0.15, 0.2) is 0 Å². The smallest absolute Gasteiger partial charge is 0.143 e. The van der Waals surface area contributed by atoms with E-state index >= 15 is 0 Å². The van der Waals surface area contributed by atoms with Crippen LogP contribution in [0.3, 0.4) is 0 Å². The topological polar surface area (TPSA) is 24.5 Å². The maximum Gasteiger partial charge on any atom is 0.143 e. The van der Waals surface area contributed by atoms with Gasteiger partial charge in [0.05, 0.1) is 12.8 Å². The average Bonchev–Trinajstić information content (AvgIpc) is 2.49. The van der Waals surface area contributed by atoms with E-state index in [1.165, 1.54) is 0 Å². The standard InChI is InChI=1S/C17H27ClN2O/c1-6-13-10-19-17(4,7-2)11-20(13)15-8-12(3)14(18)9-16(15)21-5/h8-9,13,19H,6-7,10-11H2,1-5H3. The quantitative estimate of drug-likeness (QED) is 0.909. The van der Waals surface area contributed by atoms with Crippen molar-refractivity contribution in [1.29, 1.82) is 0 Å². The van der Waals surface area contributed by atoms with Crippen LogP contribution in [-0.4, -0.2) is 31.8 Å². The molecule has 2 unspecified atom stereocenters. The van der Waals surface area contributed by atoms with Crippen molar-refractivity contribution in [2.75, 3.05) is 25.1 Å². The molecule has 1 aliphatic rings. The maximum atomic E-state index is 6.25. The summed E-state index contributed by atoms with van der Waals surface area (Å²) in [6.07, 6.45) is 2.21. The van der Waals surface area contributed by atoms with E-state index in [0.717, 1.165) is 48.0 Å². The van der Waals surface area contributed by atoms with E-state index in [1.54, 1.807) is 7.11 Å². The highest BCUT2D eigenvalue weighted by molar-refractivity contribution is 6.31. The van der Waals surface area contributed by atoms with Crippen molar-refractivity contribution in [2.24, 2.45) is 0 Å². The van der Waals surface area contributed by atoms with Crippen molar-refractivity contribution >= 4 is 17.3 Å². The molecule has 1 aliphatic heterocycles. The number of methoxy groups -OCH3 is 1. The van der Waals surface area contributed by atoms with Gasteiger partial charge in [0.25, 0.3) is 0 Å². The first-order valence-electron chi connectivity index (χ1n) is 7.80. The Morgan fingerprint density at radius 3 is 2.71 bits per heavy atom. The summed E-state index contributed by atoms with van der Waals surface area (Å²) >= 11 is 6.25. The third-order valence-electron chi connectivity index (χ3n) is 4.75. The molecule has 0 aliphatic carbocycles. The predicted octanol–water partition coefficient (Wildman–Crippen LogP) is 4.01. The fourth-order valence-electron chi connectivity index (χ4n) is 2.95. The molecule has 0 saturated carbocycles. The number of nitrogens with zero attached hydrogens (tertiary/aromatic N) is 1. The van der Waals surface area contributed by atoms with Crippen molar-refractivity contribution in [1.82, 2.24) is 5.32 Å². The van der Waals surface area contributed by atoms with Crippen LogP contribution in [0.15, 0.2) is 12.1 Å². The highest BCUT2D eigenvalue weighted by atomic mass is 35.5. The van der Waals surface area contributed by atoms with E-state index in [-0.39, 0.29) is 5.54 Å². The zero-order valence-electron chi connectivity index (χ0n) is 13.8. The van der Waals surface area contributed by atoms with Gasteiger partial charge in [0.2, 0.25) is 0 Å². The third kappa shape index (κ3) is 3.29. The summed E-state index contributed by atoms with van der Waals surface area (Å²) in [4.78, 5) is 2.49. The van der Waals surface area contributed by atoms with Gasteiger partial charge in [0.1, 0.15) is 5.75 Å². The first-order valence-corrected chi connectivity index (χ1v) is 8.17. The number of hydrogen-bond acceptors (Lipinski definition) is 3. The second-order valence-corrected chi connectivity index (χ2v) is 6.67. The normalized spacial score (nSPS) is 26.0. The molecule has 1 fully saturated rings. The molecule has 0 bridgehead atoms. The van der Waals surface area contributed by atoms with Crippen LogP contribution in [0, 0.1) is 6.92 Å². The lowest BCUT2D eigenvalue weighted by molar-refractivity contribution is 0.274. The number of nitrogens with one attached hydrogen (secondary N) is 1. The second kappa shape index (κ2) is 6.45. The average molecular weight is 311 g/mol. The molecule has 2 rings (SSSR count). The van der Waals surface area contributed by atoms with Crippen LogP contribution in [-0.2, 0) is 0 Å². The van der Waals surface area contributed by atoms with E-state index < -0.39 is 0 Å². The van der Waals surface area contributed by atoms with Crippen molar-refractivity contribution < 1.29 is 4.74 Å².